The lowest BCUT2D eigenvalue weighted by molar-refractivity contribution is 0.660. The second kappa shape index (κ2) is 5.35. The van der Waals surface area contributed by atoms with Crippen molar-refractivity contribution in [3.05, 3.63) is 52.3 Å². The van der Waals surface area contributed by atoms with E-state index in [4.69, 9.17) is 11.6 Å². The summed E-state index contributed by atoms with van der Waals surface area (Å²) in [5, 5.41) is 8.56. The molecule has 1 fully saturated rings. The largest absolute Gasteiger partial charge is 0.310 e. The molecule has 2 aromatic rings. The first-order valence-corrected chi connectivity index (χ1v) is 7.09. The Bertz CT molecular complexity index is 573. The van der Waals surface area contributed by atoms with Gasteiger partial charge in [-0.25, -0.2) is 0 Å². The molecular formula is C15H18ClN3. The van der Waals surface area contributed by atoms with E-state index in [1.807, 2.05) is 11.6 Å². The van der Waals surface area contributed by atoms with Crippen molar-refractivity contribution < 1.29 is 0 Å². The van der Waals surface area contributed by atoms with E-state index in [0.717, 1.165) is 29.8 Å². The molecule has 3 nitrogen and oxygen atoms in total. The quantitative estimate of drug-likeness (QED) is 0.908. The highest BCUT2D eigenvalue weighted by atomic mass is 35.5. The summed E-state index contributed by atoms with van der Waals surface area (Å²) in [5.41, 5.74) is 3.61. The Morgan fingerprint density at radius 2 is 2.16 bits per heavy atom. The van der Waals surface area contributed by atoms with Gasteiger partial charge in [-0.2, -0.15) is 5.10 Å². The Labute approximate surface area is 118 Å². The van der Waals surface area contributed by atoms with Crippen LogP contribution < -0.4 is 5.32 Å². The van der Waals surface area contributed by atoms with Gasteiger partial charge in [-0.3, -0.25) is 4.68 Å². The van der Waals surface area contributed by atoms with Gasteiger partial charge in [-0.05, 0) is 30.9 Å². The van der Waals surface area contributed by atoms with Crippen LogP contribution in [-0.2, 0) is 13.1 Å². The van der Waals surface area contributed by atoms with E-state index in [9.17, 15) is 0 Å². The lowest BCUT2D eigenvalue weighted by Crippen LogP contribution is -2.15. The number of hydrogen-bond donors (Lipinski definition) is 1. The van der Waals surface area contributed by atoms with Gasteiger partial charge in [-0.15, -0.1) is 0 Å². The van der Waals surface area contributed by atoms with Gasteiger partial charge in [0.2, 0.25) is 0 Å². The number of benzene rings is 1. The SMILES string of the molecule is Cc1c(Cl)cnn1Cc1cccc(CNC2CC2)c1. The molecule has 0 atom stereocenters. The zero-order valence-corrected chi connectivity index (χ0v) is 11.8. The number of nitrogens with one attached hydrogen (secondary N) is 1. The van der Waals surface area contributed by atoms with E-state index in [2.05, 4.69) is 34.7 Å². The Morgan fingerprint density at radius 1 is 1.37 bits per heavy atom. The Morgan fingerprint density at radius 3 is 2.84 bits per heavy atom. The topological polar surface area (TPSA) is 29.9 Å². The Kier molecular flexibility index (Phi) is 3.58. The third-order valence-corrected chi connectivity index (χ3v) is 3.91. The molecule has 1 saturated carbocycles. The average Bonchev–Trinajstić information content (AvgIpc) is 3.20. The van der Waals surface area contributed by atoms with Crippen LogP contribution in [0.5, 0.6) is 0 Å². The van der Waals surface area contributed by atoms with Crippen LogP contribution in [0.25, 0.3) is 0 Å². The molecule has 0 aliphatic heterocycles. The second-order valence-electron chi connectivity index (χ2n) is 5.21. The van der Waals surface area contributed by atoms with Crippen LogP contribution in [0.3, 0.4) is 0 Å². The maximum absolute atomic E-state index is 6.03. The summed E-state index contributed by atoms with van der Waals surface area (Å²) in [6.45, 7) is 3.72. The van der Waals surface area contributed by atoms with E-state index in [1.165, 1.54) is 24.0 Å². The van der Waals surface area contributed by atoms with Crippen molar-refractivity contribution in [2.75, 3.05) is 0 Å². The molecule has 19 heavy (non-hydrogen) atoms. The van der Waals surface area contributed by atoms with Crippen LogP contribution in [0.1, 0.15) is 29.7 Å². The minimum absolute atomic E-state index is 0.728. The van der Waals surface area contributed by atoms with Gasteiger partial charge in [0.1, 0.15) is 0 Å². The predicted molar refractivity (Wildman–Crippen MR) is 77.4 cm³/mol. The molecule has 1 aromatic carbocycles. The standard InChI is InChI=1S/C15H18ClN3/c1-11-15(16)9-18-19(11)10-13-4-2-3-12(7-13)8-17-14-5-6-14/h2-4,7,9,14,17H,5-6,8,10H2,1H3. The fraction of sp³-hybridized carbons (Fsp3) is 0.400. The molecule has 0 saturated heterocycles. The lowest BCUT2D eigenvalue weighted by Gasteiger charge is -2.08. The fourth-order valence-corrected chi connectivity index (χ4v) is 2.28. The Balaban J connectivity index is 1.69. The van der Waals surface area contributed by atoms with Crippen molar-refractivity contribution in [1.82, 2.24) is 15.1 Å². The molecule has 1 N–H and O–H groups in total. The highest BCUT2D eigenvalue weighted by Crippen LogP contribution is 2.20. The highest BCUT2D eigenvalue weighted by molar-refractivity contribution is 6.31. The number of halogens is 1. The summed E-state index contributed by atoms with van der Waals surface area (Å²) >= 11 is 6.03. The zero-order valence-electron chi connectivity index (χ0n) is 11.1. The maximum atomic E-state index is 6.03. The molecule has 1 aliphatic rings. The second-order valence-corrected chi connectivity index (χ2v) is 5.62. The first-order chi connectivity index (χ1) is 9.22. The minimum Gasteiger partial charge on any atom is -0.310 e. The van der Waals surface area contributed by atoms with Crippen LogP contribution >= 0.6 is 11.6 Å². The molecule has 4 heteroatoms. The van der Waals surface area contributed by atoms with Crippen molar-refractivity contribution in [3.63, 3.8) is 0 Å². The fourth-order valence-electron chi connectivity index (χ4n) is 2.14. The van der Waals surface area contributed by atoms with Gasteiger partial charge >= 0.3 is 0 Å². The van der Waals surface area contributed by atoms with Gasteiger partial charge < -0.3 is 5.32 Å². The van der Waals surface area contributed by atoms with E-state index < -0.39 is 0 Å². The van der Waals surface area contributed by atoms with Gasteiger partial charge in [0.05, 0.1) is 23.5 Å². The lowest BCUT2D eigenvalue weighted by atomic mass is 10.1. The molecule has 1 aromatic heterocycles. The van der Waals surface area contributed by atoms with Crippen LogP contribution in [0.2, 0.25) is 5.02 Å². The van der Waals surface area contributed by atoms with Crippen LogP contribution in [0.15, 0.2) is 30.5 Å². The first kappa shape index (κ1) is 12.7. The molecular weight excluding hydrogens is 258 g/mol. The number of rotatable bonds is 5. The van der Waals surface area contributed by atoms with Crippen molar-refractivity contribution in [3.8, 4) is 0 Å². The van der Waals surface area contributed by atoms with Gasteiger partial charge in [0.15, 0.2) is 0 Å². The van der Waals surface area contributed by atoms with Crippen LogP contribution in [0, 0.1) is 6.92 Å². The van der Waals surface area contributed by atoms with Gasteiger partial charge in [0.25, 0.3) is 0 Å². The maximum Gasteiger partial charge on any atom is 0.0815 e. The molecule has 0 bridgehead atoms. The third-order valence-electron chi connectivity index (χ3n) is 3.54. The van der Waals surface area contributed by atoms with E-state index in [1.54, 1.807) is 6.20 Å². The summed E-state index contributed by atoms with van der Waals surface area (Å²) in [4.78, 5) is 0. The van der Waals surface area contributed by atoms with Crippen molar-refractivity contribution in [2.24, 2.45) is 0 Å². The molecule has 3 rings (SSSR count). The van der Waals surface area contributed by atoms with Crippen molar-refractivity contribution in [1.29, 1.82) is 0 Å². The van der Waals surface area contributed by atoms with E-state index >= 15 is 0 Å². The molecule has 1 aliphatic carbocycles. The average molecular weight is 276 g/mol. The Hall–Kier alpha value is -1.32. The minimum atomic E-state index is 0.728. The first-order valence-electron chi connectivity index (χ1n) is 6.71. The normalized spacial score (nSPS) is 14.8. The number of aromatic nitrogens is 2. The van der Waals surface area contributed by atoms with E-state index in [0.29, 0.717) is 0 Å². The molecule has 0 spiro atoms. The smallest absolute Gasteiger partial charge is 0.0815 e. The summed E-state index contributed by atoms with van der Waals surface area (Å²) in [6, 6.07) is 9.40. The van der Waals surface area contributed by atoms with Gasteiger partial charge in [-0.1, -0.05) is 35.9 Å². The van der Waals surface area contributed by atoms with Crippen molar-refractivity contribution >= 4 is 11.6 Å². The molecule has 0 unspecified atom stereocenters. The molecule has 0 amide bonds. The number of nitrogens with zero attached hydrogens (tertiary/aromatic N) is 2. The van der Waals surface area contributed by atoms with Crippen LogP contribution in [-0.4, -0.2) is 15.8 Å². The van der Waals surface area contributed by atoms with Crippen LogP contribution in [0.4, 0.5) is 0 Å². The number of hydrogen-bond acceptors (Lipinski definition) is 2. The summed E-state index contributed by atoms with van der Waals surface area (Å²) < 4.78 is 1.94. The molecule has 100 valence electrons. The summed E-state index contributed by atoms with van der Waals surface area (Å²) in [6.07, 6.45) is 4.35. The zero-order chi connectivity index (χ0) is 13.2. The van der Waals surface area contributed by atoms with Crippen molar-refractivity contribution in [2.45, 2.75) is 38.9 Å². The summed E-state index contributed by atoms with van der Waals surface area (Å²) in [7, 11) is 0. The summed E-state index contributed by atoms with van der Waals surface area (Å²) in [5.74, 6) is 0. The van der Waals surface area contributed by atoms with Gasteiger partial charge in [0, 0.05) is 12.6 Å². The monoisotopic (exact) mass is 275 g/mol. The molecule has 1 heterocycles. The third kappa shape index (κ3) is 3.17. The highest BCUT2D eigenvalue weighted by Gasteiger charge is 2.19. The predicted octanol–water partition coefficient (Wildman–Crippen LogP) is 3.15. The van der Waals surface area contributed by atoms with E-state index in [-0.39, 0.29) is 0 Å². The molecule has 0 radical (unpaired) electrons.